The highest BCUT2D eigenvalue weighted by atomic mass is 19.4. The van der Waals surface area contributed by atoms with Gasteiger partial charge in [0.15, 0.2) is 0 Å². The molecule has 1 amide bonds. The molecule has 1 heterocycles. The van der Waals surface area contributed by atoms with E-state index in [1.54, 1.807) is 6.92 Å². The number of hydrogen-bond donors (Lipinski definition) is 2. The fourth-order valence-corrected chi connectivity index (χ4v) is 2.09. The number of nitrogens with one attached hydrogen (secondary N) is 2. The summed E-state index contributed by atoms with van der Waals surface area (Å²) in [5, 5.41) is 5.78. The summed E-state index contributed by atoms with van der Waals surface area (Å²) in [5.41, 5.74) is -0.0831. The van der Waals surface area contributed by atoms with E-state index in [9.17, 15) is 18.0 Å². The first-order valence-corrected chi connectivity index (χ1v) is 6.66. The number of hydrogen-bond acceptors (Lipinski definition) is 3. The van der Waals surface area contributed by atoms with Gasteiger partial charge in [0.2, 0.25) is 5.91 Å². The molecule has 116 valence electrons. The summed E-state index contributed by atoms with van der Waals surface area (Å²) in [7, 11) is 0. The Bertz CT molecular complexity index is 482. The van der Waals surface area contributed by atoms with E-state index in [1.165, 1.54) is 12.1 Å². The van der Waals surface area contributed by atoms with Crippen LogP contribution in [0.4, 0.5) is 13.2 Å². The average molecular weight is 302 g/mol. The van der Waals surface area contributed by atoms with Crippen molar-refractivity contribution in [2.75, 3.05) is 19.8 Å². The molecule has 1 aliphatic heterocycles. The molecule has 0 bridgehead atoms. The largest absolute Gasteiger partial charge is 0.416 e. The maximum absolute atomic E-state index is 12.5. The van der Waals surface area contributed by atoms with Crippen LogP contribution in [0.1, 0.15) is 24.1 Å². The lowest BCUT2D eigenvalue weighted by Gasteiger charge is -2.25. The van der Waals surface area contributed by atoms with E-state index < -0.39 is 17.8 Å². The van der Waals surface area contributed by atoms with Crippen molar-refractivity contribution in [1.29, 1.82) is 0 Å². The van der Waals surface area contributed by atoms with Crippen LogP contribution in [0, 0.1) is 0 Å². The minimum Gasteiger partial charge on any atom is -0.378 e. The summed E-state index contributed by atoms with van der Waals surface area (Å²) in [5.74, 6) is -0.220. The Morgan fingerprint density at radius 2 is 2.05 bits per heavy atom. The number of morpholine rings is 1. The van der Waals surface area contributed by atoms with Gasteiger partial charge in [-0.05, 0) is 24.6 Å². The van der Waals surface area contributed by atoms with Crippen LogP contribution in [-0.2, 0) is 15.7 Å². The second-order valence-electron chi connectivity index (χ2n) is 4.93. The van der Waals surface area contributed by atoms with E-state index in [-0.39, 0.29) is 11.9 Å². The zero-order valence-corrected chi connectivity index (χ0v) is 11.5. The minimum absolute atomic E-state index is 0.220. The third kappa shape index (κ3) is 4.18. The summed E-state index contributed by atoms with van der Waals surface area (Å²) >= 11 is 0. The maximum Gasteiger partial charge on any atom is 0.416 e. The van der Waals surface area contributed by atoms with Gasteiger partial charge < -0.3 is 15.4 Å². The number of amides is 1. The van der Waals surface area contributed by atoms with Crippen molar-refractivity contribution >= 4 is 5.91 Å². The van der Waals surface area contributed by atoms with Gasteiger partial charge in [-0.25, -0.2) is 0 Å². The topological polar surface area (TPSA) is 50.4 Å². The molecule has 0 spiro atoms. The number of ether oxygens (including phenoxy) is 1. The molecule has 1 aromatic carbocycles. The molecular formula is C14H17F3N2O2. The van der Waals surface area contributed by atoms with Crippen LogP contribution in [0.3, 0.4) is 0 Å². The highest BCUT2D eigenvalue weighted by Crippen LogP contribution is 2.29. The van der Waals surface area contributed by atoms with E-state index in [2.05, 4.69) is 10.6 Å². The minimum atomic E-state index is -4.35. The van der Waals surface area contributed by atoms with Crippen LogP contribution in [0.5, 0.6) is 0 Å². The number of carbonyl (C=O) groups is 1. The fourth-order valence-electron chi connectivity index (χ4n) is 2.09. The number of rotatable bonds is 3. The van der Waals surface area contributed by atoms with Crippen molar-refractivity contribution in [3.05, 3.63) is 35.4 Å². The van der Waals surface area contributed by atoms with Crippen molar-refractivity contribution in [1.82, 2.24) is 10.6 Å². The lowest BCUT2D eigenvalue weighted by molar-refractivity contribution is -0.137. The Labute approximate surface area is 120 Å². The SMILES string of the molecule is CC(NC(=O)[C@H]1COCCN1)c1ccc(C(F)(F)F)cc1. The van der Waals surface area contributed by atoms with E-state index in [1.807, 2.05) is 0 Å². The molecule has 2 atom stereocenters. The van der Waals surface area contributed by atoms with Gasteiger partial charge in [-0.2, -0.15) is 13.2 Å². The van der Waals surface area contributed by atoms with Crippen molar-refractivity contribution in [3.8, 4) is 0 Å². The molecule has 21 heavy (non-hydrogen) atoms. The van der Waals surface area contributed by atoms with Crippen LogP contribution >= 0.6 is 0 Å². The smallest absolute Gasteiger partial charge is 0.378 e. The zero-order valence-electron chi connectivity index (χ0n) is 11.5. The van der Waals surface area contributed by atoms with Crippen molar-refractivity contribution in [3.63, 3.8) is 0 Å². The summed E-state index contributed by atoms with van der Waals surface area (Å²) in [6.45, 7) is 3.20. The van der Waals surface area contributed by atoms with Gasteiger partial charge in [0.05, 0.1) is 24.8 Å². The molecule has 0 aromatic heterocycles. The number of benzene rings is 1. The summed E-state index contributed by atoms with van der Waals surface area (Å²) in [6, 6.07) is 3.98. The molecule has 1 fully saturated rings. The van der Waals surface area contributed by atoms with Gasteiger partial charge in [-0.1, -0.05) is 12.1 Å². The van der Waals surface area contributed by atoms with Crippen LogP contribution in [-0.4, -0.2) is 31.7 Å². The zero-order chi connectivity index (χ0) is 15.5. The first-order chi connectivity index (χ1) is 9.88. The van der Waals surface area contributed by atoms with Crippen molar-refractivity contribution in [2.45, 2.75) is 25.2 Å². The Morgan fingerprint density at radius 3 is 2.57 bits per heavy atom. The summed E-state index contributed by atoms with van der Waals surface area (Å²) < 4.78 is 42.6. The van der Waals surface area contributed by atoms with Gasteiger partial charge in [0.25, 0.3) is 0 Å². The van der Waals surface area contributed by atoms with Gasteiger partial charge in [-0.15, -0.1) is 0 Å². The van der Waals surface area contributed by atoms with Gasteiger partial charge in [0, 0.05) is 6.54 Å². The number of halogens is 3. The molecular weight excluding hydrogens is 285 g/mol. The molecule has 1 unspecified atom stereocenters. The Morgan fingerprint density at radius 1 is 1.38 bits per heavy atom. The van der Waals surface area contributed by atoms with Crippen molar-refractivity contribution in [2.24, 2.45) is 0 Å². The molecule has 4 nitrogen and oxygen atoms in total. The number of carbonyl (C=O) groups excluding carboxylic acids is 1. The molecule has 7 heteroatoms. The molecule has 1 saturated heterocycles. The summed E-state index contributed by atoms with van der Waals surface area (Å²) in [6.07, 6.45) is -4.35. The predicted molar refractivity (Wildman–Crippen MR) is 70.6 cm³/mol. The van der Waals surface area contributed by atoms with Crippen molar-refractivity contribution < 1.29 is 22.7 Å². The molecule has 1 aliphatic rings. The monoisotopic (exact) mass is 302 g/mol. The first-order valence-electron chi connectivity index (χ1n) is 6.66. The Hall–Kier alpha value is -1.60. The van der Waals surface area contributed by atoms with Gasteiger partial charge in [0.1, 0.15) is 6.04 Å². The molecule has 0 saturated carbocycles. The van der Waals surface area contributed by atoms with Gasteiger partial charge in [-0.3, -0.25) is 4.79 Å². The van der Waals surface area contributed by atoms with E-state index in [0.29, 0.717) is 25.3 Å². The fraction of sp³-hybridized carbons (Fsp3) is 0.500. The second-order valence-corrected chi connectivity index (χ2v) is 4.93. The molecule has 0 aliphatic carbocycles. The predicted octanol–water partition coefficient (Wildman–Crippen LogP) is 1.87. The third-order valence-corrected chi connectivity index (χ3v) is 3.33. The van der Waals surface area contributed by atoms with Crippen LogP contribution < -0.4 is 10.6 Å². The van der Waals surface area contributed by atoms with E-state index in [0.717, 1.165) is 12.1 Å². The van der Waals surface area contributed by atoms with E-state index in [4.69, 9.17) is 4.74 Å². The highest BCUT2D eigenvalue weighted by molar-refractivity contribution is 5.82. The molecule has 1 aromatic rings. The molecule has 2 rings (SSSR count). The number of alkyl halides is 3. The molecule has 2 N–H and O–H groups in total. The lowest BCUT2D eigenvalue weighted by Crippen LogP contribution is -2.51. The Kier molecular flexibility index (Phi) is 4.84. The highest BCUT2D eigenvalue weighted by Gasteiger charge is 2.30. The lowest BCUT2D eigenvalue weighted by atomic mass is 10.1. The third-order valence-electron chi connectivity index (χ3n) is 3.33. The molecule has 0 radical (unpaired) electrons. The first kappa shape index (κ1) is 15.8. The van der Waals surface area contributed by atoms with Gasteiger partial charge >= 0.3 is 6.18 Å². The maximum atomic E-state index is 12.5. The van der Waals surface area contributed by atoms with Crippen LogP contribution in [0.15, 0.2) is 24.3 Å². The summed E-state index contributed by atoms with van der Waals surface area (Å²) in [4.78, 5) is 12.0. The Balaban J connectivity index is 1.96. The van der Waals surface area contributed by atoms with Crippen LogP contribution in [0.25, 0.3) is 0 Å². The average Bonchev–Trinajstić information content (AvgIpc) is 2.47. The van der Waals surface area contributed by atoms with Crippen LogP contribution in [0.2, 0.25) is 0 Å². The van der Waals surface area contributed by atoms with E-state index >= 15 is 0 Å². The quantitative estimate of drug-likeness (QED) is 0.896. The normalized spacial score (nSPS) is 20.9. The standard InChI is InChI=1S/C14H17F3N2O2/c1-9(19-13(20)12-8-21-7-6-18-12)10-2-4-11(5-3-10)14(15,16)17/h2-5,9,12,18H,6-8H2,1H3,(H,19,20)/t9?,12-/m1/s1. The second kappa shape index (κ2) is 6.44.